The Bertz CT molecular complexity index is 1140. The van der Waals surface area contributed by atoms with Crippen molar-refractivity contribution in [3.8, 4) is 16.9 Å². The monoisotopic (exact) mass is 453 g/mol. The Balaban J connectivity index is 1.27. The van der Waals surface area contributed by atoms with Crippen LogP contribution in [0.1, 0.15) is 34.6 Å². The predicted octanol–water partition coefficient (Wildman–Crippen LogP) is 6.35. The zero-order valence-corrected chi connectivity index (χ0v) is 17.6. The lowest BCUT2D eigenvalue weighted by molar-refractivity contribution is -0.138. The second-order valence-corrected chi connectivity index (χ2v) is 7.72. The van der Waals surface area contributed by atoms with E-state index >= 15 is 0 Å². The van der Waals surface area contributed by atoms with Crippen LogP contribution in [0, 0.1) is 0 Å². The molecule has 0 radical (unpaired) electrons. The molecule has 0 saturated carbocycles. The summed E-state index contributed by atoms with van der Waals surface area (Å²) in [5, 5.41) is 12.0. The van der Waals surface area contributed by atoms with E-state index in [0.717, 1.165) is 34.4 Å². The second kappa shape index (κ2) is 9.40. The average Bonchev–Trinajstić information content (AvgIpc) is 3.11. The highest BCUT2D eigenvalue weighted by Gasteiger charge is 2.33. The number of ether oxygens (including phenoxy) is 1. The van der Waals surface area contributed by atoms with Crippen molar-refractivity contribution in [1.82, 2.24) is 5.32 Å². The minimum Gasteiger partial charge on any atom is -0.507 e. The molecule has 7 heteroatoms. The third-order valence-electron chi connectivity index (χ3n) is 5.56. The van der Waals surface area contributed by atoms with Crippen molar-refractivity contribution in [2.75, 3.05) is 13.2 Å². The predicted molar refractivity (Wildman–Crippen MR) is 120 cm³/mol. The maximum atomic E-state index is 12.9. The summed E-state index contributed by atoms with van der Waals surface area (Å²) in [6, 6.07) is 19.4. The van der Waals surface area contributed by atoms with Gasteiger partial charge < -0.3 is 15.2 Å². The molecule has 0 aromatic heterocycles. The summed E-state index contributed by atoms with van der Waals surface area (Å²) in [6.07, 6.45) is -1.61. The van der Waals surface area contributed by atoms with Gasteiger partial charge in [-0.15, -0.1) is 0 Å². The number of hydrogen-bond donors (Lipinski definition) is 2. The van der Waals surface area contributed by atoms with Crippen LogP contribution in [-0.4, -0.2) is 24.4 Å². The Morgan fingerprint density at radius 1 is 1.00 bits per heavy atom. The molecule has 4 rings (SSSR count). The van der Waals surface area contributed by atoms with Crippen LogP contribution in [0.15, 0.2) is 72.8 Å². The molecular formula is C26H22F3NO3. The molecule has 2 N–H and O–H groups in total. The van der Waals surface area contributed by atoms with Gasteiger partial charge in [0.25, 0.3) is 0 Å². The molecule has 33 heavy (non-hydrogen) atoms. The number of amides is 1. The first-order valence-corrected chi connectivity index (χ1v) is 10.5. The molecule has 0 spiro atoms. The smallest absolute Gasteiger partial charge is 0.419 e. The molecule has 3 aromatic carbocycles. The number of phenolic OH excluding ortho intramolecular Hbond substituents is 1. The van der Waals surface area contributed by atoms with Crippen molar-refractivity contribution < 1.29 is 27.8 Å². The molecule has 0 saturated heterocycles. The van der Waals surface area contributed by atoms with Crippen LogP contribution in [-0.2, 0) is 10.9 Å². The highest BCUT2D eigenvalue weighted by atomic mass is 19.4. The van der Waals surface area contributed by atoms with Gasteiger partial charge in [0.1, 0.15) is 12.4 Å². The van der Waals surface area contributed by atoms with E-state index in [-0.39, 0.29) is 19.1 Å². The first kappa shape index (κ1) is 22.5. The summed E-state index contributed by atoms with van der Waals surface area (Å²) in [4.78, 5) is 12.1. The van der Waals surface area contributed by atoms with Crippen LogP contribution in [0.3, 0.4) is 0 Å². The number of benzene rings is 3. The van der Waals surface area contributed by atoms with Gasteiger partial charge in [-0.25, -0.2) is 4.79 Å². The zero-order chi connectivity index (χ0) is 23.4. The summed E-state index contributed by atoms with van der Waals surface area (Å²) in [5.41, 5.74) is 3.77. The summed E-state index contributed by atoms with van der Waals surface area (Å²) >= 11 is 0. The maximum Gasteiger partial charge on any atom is 0.419 e. The van der Waals surface area contributed by atoms with Gasteiger partial charge in [-0.2, -0.15) is 13.2 Å². The molecule has 1 amide bonds. The third kappa shape index (κ3) is 5.03. The topological polar surface area (TPSA) is 58.6 Å². The Kier molecular flexibility index (Phi) is 6.40. The highest BCUT2D eigenvalue weighted by Crippen LogP contribution is 2.44. The number of rotatable bonds is 6. The van der Waals surface area contributed by atoms with Crippen LogP contribution in [0.5, 0.6) is 5.75 Å². The van der Waals surface area contributed by atoms with Crippen molar-refractivity contribution in [1.29, 1.82) is 0 Å². The Morgan fingerprint density at radius 3 is 2.27 bits per heavy atom. The van der Waals surface area contributed by atoms with Gasteiger partial charge in [-0.3, -0.25) is 0 Å². The lowest BCUT2D eigenvalue weighted by atomic mass is 9.98. The number of alkyl halides is 3. The van der Waals surface area contributed by atoms with Crippen LogP contribution in [0.2, 0.25) is 0 Å². The largest absolute Gasteiger partial charge is 0.507 e. The van der Waals surface area contributed by atoms with Gasteiger partial charge in [-0.05, 0) is 46.4 Å². The van der Waals surface area contributed by atoms with E-state index in [0.29, 0.717) is 12.0 Å². The number of alkyl carbamates (subject to hydrolysis) is 1. The van der Waals surface area contributed by atoms with Crippen LogP contribution >= 0.6 is 0 Å². The number of aromatic hydroxyl groups is 1. The van der Waals surface area contributed by atoms with Gasteiger partial charge in [0.15, 0.2) is 0 Å². The van der Waals surface area contributed by atoms with Crippen LogP contribution in [0.4, 0.5) is 18.0 Å². The normalized spacial score (nSPS) is 13.1. The van der Waals surface area contributed by atoms with Crippen LogP contribution in [0.25, 0.3) is 17.2 Å². The Morgan fingerprint density at radius 2 is 1.64 bits per heavy atom. The fourth-order valence-corrected chi connectivity index (χ4v) is 4.01. The molecule has 4 nitrogen and oxygen atoms in total. The minimum atomic E-state index is -4.63. The second-order valence-electron chi connectivity index (χ2n) is 7.72. The molecule has 1 aliphatic rings. The summed E-state index contributed by atoms with van der Waals surface area (Å²) in [5.74, 6) is -0.836. The van der Waals surface area contributed by atoms with E-state index in [1.807, 2.05) is 36.4 Å². The zero-order valence-electron chi connectivity index (χ0n) is 17.6. The number of halogens is 3. The SMILES string of the molecule is O=C(NCCC=Cc1ccc(O)c(C(F)(F)F)c1)OCC1c2ccccc2-c2ccccc21. The van der Waals surface area contributed by atoms with Crippen molar-refractivity contribution in [3.05, 3.63) is 95.1 Å². The summed E-state index contributed by atoms with van der Waals surface area (Å²) in [6.45, 7) is 0.487. The average molecular weight is 453 g/mol. The lowest BCUT2D eigenvalue weighted by Crippen LogP contribution is -2.26. The molecule has 170 valence electrons. The number of carbonyl (C=O) groups excluding carboxylic acids is 1. The van der Waals surface area contributed by atoms with Crippen molar-refractivity contribution in [2.24, 2.45) is 0 Å². The van der Waals surface area contributed by atoms with Gasteiger partial charge in [0.2, 0.25) is 0 Å². The van der Waals surface area contributed by atoms with E-state index in [1.165, 1.54) is 12.1 Å². The quantitative estimate of drug-likeness (QED) is 0.428. The minimum absolute atomic E-state index is 0.0274. The highest BCUT2D eigenvalue weighted by molar-refractivity contribution is 5.79. The number of fused-ring (bicyclic) bond motifs is 3. The molecule has 0 fully saturated rings. The summed E-state index contributed by atoms with van der Waals surface area (Å²) < 4.78 is 44.0. The molecule has 0 unspecified atom stereocenters. The lowest BCUT2D eigenvalue weighted by Gasteiger charge is -2.14. The van der Waals surface area contributed by atoms with Gasteiger partial charge in [-0.1, -0.05) is 66.7 Å². The molecule has 3 aromatic rings. The van der Waals surface area contributed by atoms with Gasteiger partial charge in [0.05, 0.1) is 5.56 Å². The molecular weight excluding hydrogens is 431 g/mol. The van der Waals surface area contributed by atoms with Crippen molar-refractivity contribution in [2.45, 2.75) is 18.5 Å². The van der Waals surface area contributed by atoms with E-state index < -0.39 is 23.6 Å². The third-order valence-corrected chi connectivity index (χ3v) is 5.56. The fourth-order valence-electron chi connectivity index (χ4n) is 4.01. The van der Waals surface area contributed by atoms with E-state index in [1.54, 1.807) is 6.08 Å². The van der Waals surface area contributed by atoms with Crippen molar-refractivity contribution in [3.63, 3.8) is 0 Å². The van der Waals surface area contributed by atoms with Gasteiger partial charge >= 0.3 is 12.3 Å². The van der Waals surface area contributed by atoms with E-state index in [2.05, 4.69) is 17.4 Å². The van der Waals surface area contributed by atoms with E-state index in [4.69, 9.17) is 4.74 Å². The summed E-state index contributed by atoms with van der Waals surface area (Å²) in [7, 11) is 0. The first-order chi connectivity index (χ1) is 15.8. The molecule has 0 aliphatic heterocycles. The molecule has 1 aliphatic carbocycles. The van der Waals surface area contributed by atoms with Crippen molar-refractivity contribution >= 4 is 12.2 Å². The Labute approximate surface area is 189 Å². The van der Waals surface area contributed by atoms with E-state index in [9.17, 15) is 23.1 Å². The molecule has 0 heterocycles. The number of nitrogens with one attached hydrogen (secondary N) is 1. The molecule has 0 bridgehead atoms. The van der Waals surface area contributed by atoms with Crippen LogP contribution < -0.4 is 5.32 Å². The number of carbonyl (C=O) groups is 1. The van der Waals surface area contributed by atoms with Gasteiger partial charge in [0, 0.05) is 12.5 Å². The fraction of sp³-hybridized carbons (Fsp3) is 0.192. The number of hydrogen-bond acceptors (Lipinski definition) is 3. The Hall–Kier alpha value is -3.74. The standard InChI is InChI=1S/C26H22F3NO3/c27-26(28,29)23-15-17(12-13-24(23)31)7-5-6-14-30-25(32)33-16-22-20-10-3-1-8-18(20)19-9-2-4-11-21(19)22/h1-5,7-13,15,22,31H,6,14,16H2,(H,30,32). The molecule has 0 atom stereocenters. The maximum absolute atomic E-state index is 12.9. The first-order valence-electron chi connectivity index (χ1n) is 10.5. The number of phenols is 1.